The van der Waals surface area contributed by atoms with Crippen molar-refractivity contribution in [1.29, 1.82) is 0 Å². The largest absolute Gasteiger partial charge is 0.364 e. The highest BCUT2D eigenvalue weighted by Crippen LogP contribution is 2.27. The van der Waals surface area contributed by atoms with Crippen molar-refractivity contribution in [2.45, 2.75) is 19.5 Å². The monoisotopic (exact) mass is 251 g/mol. The maximum Gasteiger partial charge on any atom is 0.146 e. The molecule has 0 amide bonds. The lowest BCUT2D eigenvalue weighted by molar-refractivity contribution is 0.274. The summed E-state index contributed by atoms with van der Waals surface area (Å²) < 4.78 is 14.1. The van der Waals surface area contributed by atoms with Gasteiger partial charge in [-0.05, 0) is 32.6 Å². The molecule has 18 heavy (non-hydrogen) atoms. The van der Waals surface area contributed by atoms with E-state index in [-0.39, 0.29) is 5.82 Å². The van der Waals surface area contributed by atoms with Crippen LogP contribution < -0.4 is 10.2 Å². The van der Waals surface area contributed by atoms with Crippen molar-refractivity contribution in [3.8, 4) is 0 Å². The molecule has 1 saturated heterocycles. The fourth-order valence-corrected chi connectivity index (χ4v) is 2.69. The highest BCUT2D eigenvalue weighted by atomic mass is 19.1. The van der Waals surface area contributed by atoms with Crippen LogP contribution in [0.3, 0.4) is 0 Å². The van der Waals surface area contributed by atoms with Gasteiger partial charge in [0.2, 0.25) is 0 Å². The van der Waals surface area contributed by atoms with E-state index in [0.717, 1.165) is 30.9 Å². The summed E-state index contributed by atoms with van der Waals surface area (Å²) in [7, 11) is 4.01. The Morgan fingerprint density at radius 2 is 2.17 bits per heavy atom. The molecular formula is C14H22FN3. The number of nitrogens with zero attached hydrogens (tertiary/aromatic N) is 2. The summed E-state index contributed by atoms with van der Waals surface area (Å²) in [6, 6.07) is 5.68. The lowest BCUT2D eigenvalue weighted by atomic mass is 10.1. The van der Waals surface area contributed by atoms with Crippen LogP contribution in [0.2, 0.25) is 0 Å². The summed E-state index contributed by atoms with van der Waals surface area (Å²) in [5.41, 5.74) is 1.81. The molecule has 1 N–H and O–H groups in total. The summed E-state index contributed by atoms with van der Waals surface area (Å²) in [4.78, 5) is 4.49. The van der Waals surface area contributed by atoms with Crippen LogP contribution in [0.4, 0.5) is 10.1 Å². The summed E-state index contributed by atoms with van der Waals surface area (Å²) >= 11 is 0. The molecule has 0 aliphatic carbocycles. The van der Waals surface area contributed by atoms with Crippen LogP contribution in [0, 0.1) is 5.82 Å². The summed E-state index contributed by atoms with van der Waals surface area (Å²) in [5.74, 6) is -0.112. The van der Waals surface area contributed by atoms with Crippen LogP contribution in [0.1, 0.15) is 12.5 Å². The third kappa shape index (κ3) is 2.65. The second kappa shape index (κ2) is 5.67. The highest BCUT2D eigenvalue weighted by molar-refractivity contribution is 5.56. The second-order valence-electron chi connectivity index (χ2n) is 5.08. The standard InChI is InChI=1S/C14H22FN3/c1-11-10-17(3)7-8-18(11)14-12(9-16-2)5-4-6-13(14)15/h4-6,11,16H,7-10H2,1-3H3. The SMILES string of the molecule is CNCc1cccc(F)c1N1CCN(C)CC1C. The van der Waals surface area contributed by atoms with E-state index in [2.05, 4.69) is 29.1 Å². The Hall–Kier alpha value is -1.13. The van der Waals surface area contributed by atoms with Crippen molar-refractivity contribution >= 4 is 5.69 Å². The minimum Gasteiger partial charge on any atom is -0.364 e. The number of hydrogen-bond donors (Lipinski definition) is 1. The Balaban J connectivity index is 2.31. The Morgan fingerprint density at radius 3 is 2.83 bits per heavy atom. The molecule has 100 valence electrons. The Bertz CT molecular complexity index is 408. The number of piperazine rings is 1. The average molecular weight is 251 g/mol. The Labute approximate surface area is 109 Å². The van der Waals surface area contributed by atoms with Crippen molar-refractivity contribution in [2.24, 2.45) is 0 Å². The van der Waals surface area contributed by atoms with E-state index < -0.39 is 0 Å². The van der Waals surface area contributed by atoms with Crippen molar-refractivity contribution in [2.75, 3.05) is 38.6 Å². The number of halogens is 1. The molecule has 1 unspecified atom stereocenters. The normalized spacial score (nSPS) is 21.3. The smallest absolute Gasteiger partial charge is 0.146 e. The molecule has 1 aliphatic rings. The molecule has 1 atom stereocenters. The minimum atomic E-state index is -0.112. The van der Waals surface area contributed by atoms with Gasteiger partial charge in [0, 0.05) is 32.2 Å². The molecule has 1 heterocycles. The average Bonchev–Trinajstić information content (AvgIpc) is 2.31. The van der Waals surface area contributed by atoms with Gasteiger partial charge in [0.05, 0.1) is 5.69 Å². The molecule has 0 bridgehead atoms. The predicted octanol–water partition coefficient (Wildman–Crippen LogP) is 1.69. The third-order valence-electron chi connectivity index (χ3n) is 3.56. The summed E-state index contributed by atoms with van der Waals surface area (Å²) in [5, 5.41) is 3.11. The number of likely N-dealkylation sites (N-methyl/N-ethyl adjacent to an activating group) is 1. The molecule has 1 aliphatic heterocycles. The molecule has 1 fully saturated rings. The first kappa shape index (κ1) is 13.3. The van der Waals surface area contributed by atoms with Crippen LogP contribution in [-0.2, 0) is 6.54 Å². The van der Waals surface area contributed by atoms with E-state index >= 15 is 0 Å². The third-order valence-corrected chi connectivity index (χ3v) is 3.56. The van der Waals surface area contributed by atoms with Gasteiger partial charge in [-0.1, -0.05) is 12.1 Å². The fraction of sp³-hybridized carbons (Fsp3) is 0.571. The molecule has 2 rings (SSSR count). The van der Waals surface area contributed by atoms with Crippen LogP contribution in [0.25, 0.3) is 0 Å². The quantitative estimate of drug-likeness (QED) is 0.882. The molecule has 0 radical (unpaired) electrons. The topological polar surface area (TPSA) is 18.5 Å². The number of benzene rings is 1. The van der Waals surface area contributed by atoms with Crippen LogP contribution in [-0.4, -0.2) is 44.7 Å². The van der Waals surface area contributed by atoms with Gasteiger partial charge in [-0.15, -0.1) is 0 Å². The highest BCUT2D eigenvalue weighted by Gasteiger charge is 2.25. The first-order valence-corrected chi connectivity index (χ1v) is 6.50. The van der Waals surface area contributed by atoms with Gasteiger partial charge in [-0.2, -0.15) is 0 Å². The van der Waals surface area contributed by atoms with Crippen molar-refractivity contribution < 1.29 is 4.39 Å². The molecule has 0 saturated carbocycles. The van der Waals surface area contributed by atoms with Gasteiger partial charge < -0.3 is 15.1 Å². The molecule has 0 spiro atoms. The predicted molar refractivity (Wildman–Crippen MR) is 73.5 cm³/mol. The van der Waals surface area contributed by atoms with E-state index in [1.165, 1.54) is 0 Å². The van der Waals surface area contributed by atoms with Gasteiger partial charge in [0.25, 0.3) is 0 Å². The lowest BCUT2D eigenvalue weighted by Crippen LogP contribution is -2.51. The van der Waals surface area contributed by atoms with Gasteiger partial charge in [-0.25, -0.2) is 4.39 Å². The van der Waals surface area contributed by atoms with Gasteiger partial charge in [0.1, 0.15) is 5.82 Å². The maximum absolute atomic E-state index is 14.1. The molecule has 3 nitrogen and oxygen atoms in total. The number of hydrogen-bond acceptors (Lipinski definition) is 3. The molecule has 1 aromatic carbocycles. The van der Waals surface area contributed by atoms with Gasteiger partial charge in [0.15, 0.2) is 0 Å². The number of rotatable bonds is 3. The van der Waals surface area contributed by atoms with E-state index in [1.807, 2.05) is 13.1 Å². The van der Waals surface area contributed by atoms with Crippen LogP contribution in [0.5, 0.6) is 0 Å². The van der Waals surface area contributed by atoms with Crippen LogP contribution in [0.15, 0.2) is 18.2 Å². The summed E-state index contributed by atoms with van der Waals surface area (Å²) in [6.07, 6.45) is 0. The number of anilines is 1. The minimum absolute atomic E-state index is 0.112. The maximum atomic E-state index is 14.1. The molecule has 4 heteroatoms. The second-order valence-corrected chi connectivity index (χ2v) is 5.08. The van der Waals surface area contributed by atoms with Crippen molar-refractivity contribution in [3.63, 3.8) is 0 Å². The Kier molecular flexibility index (Phi) is 4.19. The zero-order chi connectivity index (χ0) is 13.1. The lowest BCUT2D eigenvalue weighted by Gasteiger charge is -2.40. The summed E-state index contributed by atoms with van der Waals surface area (Å²) in [6.45, 7) is 5.71. The van der Waals surface area contributed by atoms with E-state index in [9.17, 15) is 4.39 Å². The van der Waals surface area contributed by atoms with Crippen molar-refractivity contribution in [1.82, 2.24) is 10.2 Å². The van der Waals surface area contributed by atoms with E-state index in [4.69, 9.17) is 0 Å². The zero-order valence-corrected chi connectivity index (χ0v) is 11.4. The fourth-order valence-electron chi connectivity index (χ4n) is 2.69. The molecular weight excluding hydrogens is 229 g/mol. The number of para-hydroxylation sites is 1. The molecule has 0 aromatic heterocycles. The van der Waals surface area contributed by atoms with E-state index in [1.54, 1.807) is 12.1 Å². The van der Waals surface area contributed by atoms with Gasteiger partial charge in [-0.3, -0.25) is 0 Å². The first-order chi connectivity index (χ1) is 8.63. The Morgan fingerprint density at radius 1 is 1.39 bits per heavy atom. The zero-order valence-electron chi connectivity index (χ0n) is 11.4. The van der Waals surface area contributed by atoms with E-state index in [0.29, 0.717) is 12.6 Å². The van der Waals surface area contributed by atoms with Crippen LogP contribution >= 0.6 is 0 Å². The first-order valence-electron chi connectivity index (χ1n) is 6.50. The number of nitrogens with one attached hydrogen (secondary N) is 1. The van der Waals surface area contributed by atoms with Gasteiger partial charge >= 0.3 is 0 Å². The van der Waals surface area contributed by atoms with Crippen molar-refractivity contribution in [3.05, 3.63) is 29.6 Å². The molecule has 1 aromatic rings.